The molecule has 0 aromatic carbocycles. The normalized spacial score (nSPS) is 21.0. The van der Waals surface area contributed by atoms with E-state index in [9.17, 15) is 8.78 Å². The van der Waals surface area contributed by atoms with E-state index in [1.165, 1.54) is 32.1 Å². The van der Waals surface area contributed by atoms with Crippen molar-refractivity contribution in [1.82, 2.24) is 29.9 Å². The second kappa shape index (κ2) is 9.70. The topological polar surface area (TPSA) is 76.1 Å². The first-order valence-corrected chi connectivity index (χ1v) is 12.0. The van der Waals surface area contributed by atoms with Gasteiger partial charge in [0, 0.05) is 26.7 Å². The molecule has 33 heavy (non-hydrogen) atoms. The van der Waals surface area contributed by atoms with Gasteiger partial charge < -0.3 is 9.32 Å². The second-order valence-corrected chi connectivity index (χ2v) is 9.20. The highest BCUT2D eigenvalue weighted by Gasteiger charge is 2.28. The molecule has 8 nitrogen and oxygen atoms in total. The first kappa shape index (κ1) is 22.2. The van der Waals surface area contributed by atoms with Crippen molar-refractivity contribution in [2.24, 2.45) is 7.05 Å². The van der Waals surface area contributed by atoms with E-state index in [-0.39, 0.29) is 12.5 Å². The van der Waals surface area contributed by atoms with Crippen LogP contribution in [0.1, 0.15) is 56.8 Å². The van der Waals surface area contributed by atoms with Crippen molar-refractivity contribution in [2.45, 2.75) is 57.3 Å². The van der Waals surface area contributed by atoms with E-state index >= 15 is 0 Å². The Bertz CT molecular complexity index is 1070. The summed E-state index contributed by atoms with van der Waals surface area (Å²) in [6.07, 6.45) is 5.61. The summed E-state index contributed by atoms with van der Waals surface area (Å²) in [5, 5.41) is 14.0. The van der Waals surface area contributed by atoms with Crippen molar-refractivity contribution in [3.8, 4) is 11.6 Å². The number of likely N-dealkylation sites (tertiary alicyclic amines) is 1. The fraction of sp³-hybridized carbons (Fsp3) is 0.652. The molecule has 178 valence electrons. The Kier molecular flexibility index (Phi) is 6.52. The van der Waals surface area contributed by atoms with Crippen molar-refractivity contribution >= 4 is 16.9 Å². The molecule has 0 spiro atoms. The summed E-state index contributed by atoms with van der Waals surface area (Å²) in [6, 6.07) is 4.09. The molecular weight excluding hydrogens is 428 g/mol. The number of pyridine rings is 1. The predicted molar refractivity (Wildman–Crippen MR) is 122 cm³/mol. The fourth-order valence-corrected chi connectivity index (χ4v) is 5.05. The van der Waals surface area contributed by atoms with E-state index in [0.29, 0.717) is 30.6 Å². The van der Waals surface area contributed by atoms with Crippen LogP contribution in [0.4, 0.5) is 14.6 Å². The molecule has 1 unspecified atom stereocenters. The molecule has 1 atom stereocenters. The van der Waals surface area contributed by atoms with Crippen molar-refractivity contribution in [3.05, 3.63) is 18.0 Å². The molecule has 2 aliphatic heterocycles. The molecule has 10 heteroatoms. The average Bonchev–Trinajstić information content (AvgIpc) is 3.38. The maximum absolute atomic E-state index is 12.8. The smallest absolute Gasteiger partial charge is 0.268 e. The molecular formula is C23H31F2N7O. The number of aromatic nitrogens is 5. The molecule has 2 aliphatic rings. The number of alkyl halides is 2. The van der Waals surface area contributed by atoms with Crippen LogP contribution >= 0.6 is 0 Å². The minimum absolute atomic E-state index is 0.0365. The molecule has 3 aromatic heterocycles. The van der Waals surface area contributed by atoms with E-state index in [1.54, 1.807) is 9.58 Å². The lowest BCUT2D eigenvalue weighted by atomic mass is 9.98. The molecule has 2 saturated heterocycles. The Labute approximate surface area is 192 Å². The van der Waals surface area contributed by atoms with Crippen LogP contribution in [-0.2, 0) is 7.05 Å². The third-order valence-corrected chi connectivity index (χ3v) is 6.75. The van der Waals surface area contributed by atoms with Crippen LogP contribution in [0, 0.1) is 0 Å². The number of hydrogen-bond acceptors (Lipinski definition) is 7. The number of rotatable bonds is 5. The highest BCUT2D eigenvalue weighted by atomic mass is 19.3. The second-order valence-electron chi connectivity index (χ2n) is 9.20. The quantitative estimate of drug-likeness (QED) is 0.565. The molecule has 5 heterocycles. The van der Waals surface area contributed by atoms with Gasteiger partial charge >= 0.3 is 0 Å². The average molecular weight is 460 g/mol. The Morgan fingerprint density at radius 3 is 2.61 bits per heavy atom. The van der Waals surface area contributed by atoms with Crippen LogP contribution in [-0.4, -0.2) is 69.0 Å². The number of nitrogens with zero attached hydrogens (tertiary/aromatic N) is 7. The van der Waals surface area contributed by atoms with E-state index in [4.69, 9.17) is 9.40 Å². The first-order chi connectivity index (χ1) is 16.1. The van der Waals surface area contributed by atoms with E-state index in [0.717, 1.165) is 42.8 Å². The SMILES string of the molecule is Cn1nc(-c2nnc(C3CCCN(CC(F)F)C3)o2)c2ccc(N3CCCCCCC3)nc21. The van der Waals surface area contributed by atoms with Gasteiger partial charge in [-0.25, -0.2) is 18.4 Å². The van der Waals surface area contributed by atoms with Crippen LogP contribution in [0.15, 0.2) is 16.5 Å². The number of piperidine rings is 1. The van der Waals surface area contributed by atoms with Crippen LogP contribution in [0.2, 0.25) is 0 Å². The van der Waals surface area contributed by atoms with Crippen LogP contribution in [0.3, 0.4) is 0 Å². The van der Waals surface area contributed by atoms with Gasteiger partial charge in [0.2, 0.25) is 5.89 Å². The molecule has 0 aliphatic carbocycles. The van der Waals surface area contributed by atoms with Gasteiger partial charge in [0.25, 0.3) is 12.3 Å². The maximum atomic E-state index is 12.8. The number of aryl methyl sites for hydroxylation is 1. The Hall–Kier alpha value is -2.62. The third-order valence-electron chi connectivity index (χ3n) is 6.75. The van der Waals surface area contributed by atoms with Crippen LogP contribution < -0.4 is 4.90 Å². The van der Waals surface area contributed by atoms with Gasteiger partial charge in [0.15, 0.2) is 11.3 Å². The first-order valence-electron chi connectivity index (χ1n) is 12.0. The zero-order valence-corrected chi connectivity index (χ0v) is 19.1. The molecule has 0 amide bonds. The highest BCUT2D eigenvalue weighted by Crippen LogP contribution is 2.32. The summed E-state index contributed by atoms with van der Waals surface area (Å²) >= 11 is 0. The lowest BCUT2D eigenvalue weighted by molar-refractivity contribution is 0.0713. The van der Waals surface area contributed by atoms with E-state index in [1.807, 2.05) is 13.1 Å². The minimum Gasteiger partial charge on any atom is -0.419 e. The number of fused-ring (bicyclic) bond motifs is 1. The van der Waals surface area contributed by atoms with Crippen molar-refractivity contribution < 1.29 is 13.2 Å². The van der Waals surface area contributed by atoms with Crippen molar-refractivity contribution in [1.29, 1.82) is 0 Å². The Morgan fingerprint density at radius 2 is 1.82 bits per heavy atom. The zero-order chi connectivity index (χ0) is 22.8. The highest BCUT2D eigenvalue weighted by molar-refractivity contribution is 5.89. The van der Waals surface area contributed by atoms with Gasteiger partial charge in [-0.2, -0.15) is 5.10 Å². The van der Waals surface area contributed by atoms with E-state index in [2.05, 4.69) is 26.3 Å². The summed E-state index contributed by atoms with van der Waals surface area (Å²) in [5.41, 5.74) is 1.39. The monoisotopic (exact) mass is 459 g/mol. The lowest BCUT2D eigenvalue weighted by Crippen LogP contribution is -2.37. The van der Waals surface area contributed by atoms with Crippen LogP contribution in [0.5, 0.6) is 0 Å². The molecule has 0 bridgehead atoms. The molecule has 0 radical (unpaired) electrons. The Balaban J connectivity index is 1.37. The lowest BCUT2D eigenvalue weighted by Gasteiger charge is -2.30. The van der Waals surface area contributed by atoms with Crippen molar-refractivity contribution in [3.63, 3.8) is 0 Å². The largest absolute Gasteiger partial charge is 0.419 e. The molecule has 0 N–H and O–H groups in total. The van der Waals surface area contributed by atoms with Gasteiger partial charge in [-0.3, -0.25) is 4.90 Å². The minimum atomic E-state index is -2.34. The number of hydrogen-bond donors (Lipinski definition) is 0. The van der Waals surface area contributed by atoms with E-state index < -0.39 is 6.43 Å². The van der Waals surface area contributed by atoms with Crippen LogP contribution in [0.25, 0.3) is 22.6 Å². The van der Waals surface area contributed by atoms with Gasteiger partial charge in [-0.05, 0) is 44.4 Å². The number of anilines is 1. The van der Waals surface area contributed by atoms with Gasteiger partial charge in [-0.1, -0.05) is 19.3 Å². The molecule has 5 rings (SSSR count). The fourth-order valence-electron chi connectivity index (χ4n) is 5.05. The van der Waals surface area contributed by atoms with Crippen molar-refractivity contribution in [2.75, 3.05) is 37.6 Å². The van der Waals surface area contributed by atoms with Gasteiger partial charge in [0.1, 0.15) is 5.82 Å². The third kappa shape index (κ3) is 4.85. The maximum Gasteiger partial charge on any atom is 0.268 e. The zero-order valence-electron chi connectivity index (χ0n) is 19.1. The summed E-state index contributed by atoms with van der Waals surface area (Å²) in [5.74, 6) is 1.78. The molecule has 0 saturated carbocycles. The standard InChI is InChI=1S/C23H31F2N7O/c1-30-21-17(9-10-19(26-21)32-12-5-3-2-4-6-13-32)20(29-30)23-28-27-22(33-23)16-8-7-11-31(14-16)15-18(24)25/h9-10,16,18H,2-8,11-15H2,1H3. The molecule has 2 fully saturated rings. The summed E-state index contributed by atoms with van der Waals surface area (Å²) in [4.78, 5) is 9.05. The summed E-state index contributed by atoms with van der Waals surface area (Å²) < 4.78 is 33.4. The van der Waals surface area contributed by atoms with Gasteiger partial charge in [-0.15, -0.1) is 10.2 Å². The molecule has 3 aromatic rings. The number of halogens is 2. The summed E-state index contributed by atoms with van der Waals surface area (Å²) in [7, 11) is 1.87. The predicted octanol–water partition coefficient (Wildman–Crippen LogP) is 4.23. The van der Waals surface area contributed by atoms with Gasteiger partial charge in [0.05, 0.1) is 17.8 Å². The Morgan fingerprint density at radius 1 is 1.03 bits per heavy atom. The summed E-state index contributed by atoms with van der Waals surface area (Å²) in [6.45, 7) is 3.03.